The van der Waals surface area contributed by atoms with Gasteiger partial charge in [-0.25, -0.2) is 0 Å². The van der Waals surface area contributed by atoms with Gasteiger partial charge in [0.2, 0.25) is 5.91 Å². The molecule has 0 radical (unpaired) electrons. The predicted molar refractivity (Wildman–Crippen MR) is 64.7 cm³/mol. The van der Waals surface area contributed by atoms with E-state index < -0.39 is 0 Å². The summed E-state index contributed by atoms with van der Waals surface area (Å²) < 4.78 is 5.58. The number of ether oxygens (including phenoxy) is 1. The lowest BCUT2D eigenvalue weighted by Gasteiger charge is -2.17. The summed E-state index contributed by atoms with van der Waals surface area (Å²) in [4.78, 5) is 14.0. The summed E-state index contributed by atoms with van der Waals surface area (Å²) in [5, 5.41) is 3.42. The highest BCUT2D eigenvalue weighted by molar-refractivity contribution is 5.84. The molecule has 96 valence electrons. The molecule has 2 saturated carbocycles. The second kappa shape index (κ2) is 4.94. The number of amides is 1. The fourth-order valence-corrected chi connectivity index (χ4v) is 2.36. The van der Waals surface area contributed by atoms with Crippen molar-refractivity contribution in [2.24, 2.45) is 5.92 Å². The molecule has 1 saturated heterocycles. The lowest BCUT2D eigenvalue weighted by atomic mass is 10.2. The Balaban J connectivity index is 1.33. The number of carbonyl (C=O) groups is 1. The van der Waals surface area contributed by atoms with Crippen LogP contribution in [0.15, 0.2) is 0 Å². The topological polar surface area (TPSA) is 41.6 Å². The van der Waals surface area contributed by atoms with E-state index in [2.05, 4.69) is 5.32 Å². The Morgan fingerprint density at radius 3 is 2.76 bits per heavy atom. The highest BCUT2D eigenvalue weighted by Crippen LogP contribution is 2.28. The molecule has 3 aliphatic rings. The van der Waals surface area contributed by atoms with Crippen molar-refractivity contribution in [3.63, 3.8) is 0 Å². The average molecular weight is 238 g/mol. The second-order valence-electron chi connectivity index (χ2n) is 5.63. The van der Waals surface area contributed by atoms with Gasteiger partial charge in [-0.3, -0.25) is 4.79 Å². The molecule has 0 aromatic rings. The number of nitrogens with one attached hydrogen (secondary N) is 1. The van der Waals surface area contributed by atoms with Crippen LogP contribution in [0.2, 0.25) is 0 Å². The average Bonchev–Trinajstić information content (AvgIpc) is 3.21. The maximum absolute atomic E-state index is 12.0. The van der Waals surface area contributed by atoms with E-state index in [1.807, 2.05) is 4.90 Å². The molecule has 3 rings (SSSR count). The minimum absolute atomic E-state index is 0.0888. The zero-order valence-corrected chi connectivity index (χ0v) is 10.4. The quantitative estimate of drug-likeness (QED) is 0.666. The van der Waals surface area contributed by atoms with Crippen LogP contribution < -0.4 is 5.32 Å². The SMILES string of the molecule is O=C1C(NC2CC2)CCN1CCOCC1CC1. The Morgan fingerprint density at radius 2 is 2.06 bits per heavy atom. The minimum Gasteiger partial charge on any atom is -0.379 e. The number of hydrogen-bond donors (Lipinski definition) is 1. The maximum atomic E-state index is 12.0. The molecule has 0 spiro atoms. The van der Waals surface area contributed by atoms with Crippen LogP contribution in [-0.2, 0) is 9.53 Å². The Kier molecular flexibility index (Phi) is 3.34. The first-order valence-corrected chi connectivity index (χ1v) is 6.95. The maximum Gasteiger partial charge on any atom is 0.239 e. The van der Waals surface area contributed by atoms with Gasteiger partial charge in [0.25, 0.3) is 0 Å². The molecule has 1 amide bonds. The largest absolute Gasteiger partial charge is 0.379 e. The third-order valence-corrected chi connectivity index (χ3v) is 3.87. The van der Waals surface area contributed by atoms with Gasteiger partial charge in [0.1, 0.15) is 0 Å². The van der Waals surface area contributed by atoms with Crippen molar-refractivity contribution in [1.82, 2.24) is 10.2 Å². The van der Waals surface area contributed by atoms with Gasteiger partial charge in [0.05, 0.1) is 12.6 Å². The Labute approximate surface area is 103 Å². The van der Waals surface area contributed by atoms with E-state index in [0.717, 1.165) is 32.0 Å². The summed E-state index contributed by atoms with van der Waals surface area (Å²) in [5.41, 5.74) is 0. The molecule has 4 heteroatoms. The Bertz CT molecular complexity index is 287. The van der Waals surface area contributed by atoms with Gasteiger partial charge < -0.3 is 15.0 Å². The van der Waals surface area contributed by atoms with Gasteiger partial charge in [-0.15, -0.1) is 0 Å². The smallest absolute Gasteiger partial charge is 0.239 e. The van der Waals surface area contributed by atoms with Crippen molar-refractivity contribution in [2.45, 2.75) is 44.2 Å². The lowest BCUT2D eigenvalue weighted by Crippen LogP contribution is -2.40. The van der Waals surface area contributed by atoms with Crippen LogP contribution in [0.4, 0.5) is 0 Å². The lowest BCUT2D eigenvalue weighted by molar-refractivity contribution is -0.130. The predicted octanol–water partition coefficient (Wildman–Crippen LogP) is 0.766. The van der Waals surface area contributed by atoms with E-state index in [0.29, 0.717) is 12.6 Å². The van der Waals surface area contributed by atoms with Crippen molar-refractivity contribution in [3.8, 4) is 0 Å². The van der Waals surface area contributed by atoms with Crippen LogP contribution in [0.5, 0.6) is 0 Å². The van der Waals surface area contributed by atoms with Crippen LogP contribution in [0.25, 0.3) is 0 Å². The number of rotatable bonds is 7. The first-order chi connectivity index (χ1) is 8.33. The fraction of sp³-hybridized carbons (Fsp3) is 0.923. The highest BCUT2D eigenvalue weighted by Gasteiger charge is 2.35. The molecule has 1 atom stereocenters. The van der Waals surface area contributed by atoms with Crippen LogP contribution >= 0.6 is 0 Å². The summed E-state index contributed by atoms with van der Waals surface area (Å²) in [6, 6.07) is 0.709. The van der Waals surface area contributed by atoms with E-state index >= 15 is 0 Å². The molecule has 4 nitrogen and oxygen atoms in total. The Hall–Kier alpha value is -0.610. The fourth-order valence-electron chi connectivity index (χ4n) is 2.36. The van der Waals surface area contributed by atoms with Gasteiger partial charge in [0, 0.05) is 25.7 Å². The summed E-state index contributed by atoms with van der Waals surface area (Å²) in [7, 11) is 0. The van der Waals surface area contributed by atoms with Crippen molar-refractivity contribution in [3.05, 3.63) is 0 Å². The second-order valence-corrected chi connectivity index (χ2v) is 5.63. The monoisotopic (exact) mass is 238 g/mol. The highest BCUT2D eigenvalue weighted by atomic mass is 16.5. The molecule has 0 aromatic heterocycles. The zero-order chi connectivity index (χ0) is 11.7. The number of hydrogen-bond acceptors (Lipinski definition) is 3. The molecule has 1 heterocycles. The first kappa shape index (κ1) is 11.5. The summed E-state index contributed by atoms with van der Waals surface area (Å²) in [5.74, 6) is 1.10. The molecule has 0 aromatic carbocycles. The number of carbonyl (C=O) groups excluding carboxylic acids is 1. The molecule has 0 bridgehead atoms. The molecule has 1 aliphatic heterocycles. The Morgan fingerprint density at radius 1 is 1.24 bits per heavy atom. The van der Waals surface area contributed by atoms with Gasteiger partial charge in [0.15, 0.2) is 0 Å². The van der Waals surface area contributed by atoms with Gasteiger partial charge in [-0.1, -0.05) is 0 Å². The van der Waals surface area contributed by atoms with Crippen molar-refractivity contribution < 1.29 is 9.53 Å². The van der Waals surface area contributed by atoms with Crippen LogP contribution in [-0.4, -0.2) is 49.2 Å². The third kappa shape index (κ3) is 3.19. The summed E-state index contributed by atoms with van der Waals surface area (Å²) >= 11 is 0. The number of likely N-dealkylation sites (tertiary alicyclic amines) is 1. The van der Waals surface area contributed by atoms with Gasteiger partial charge in [-0.2, -0.15) is 0 Å². The molecule has 2 aliphatic carbocycles. The molecule has 1 N–H and O–H groups in total. The number of nitrogens with zero attached hydrogens (tertiary/aromatic N) is 1. The van der Waals surface area contributed by atoms with E-state index in [4.69, 9.17) is 4.74 Å². The molecule has 1 unspecified atom stereocenters. The van der Waals surface area contributed by atoms with E-state index in [1.54, 1.807) is 0 Å². The minimum atomic E-state index is 0.0888. The standard InChI is InChI=1S/C13H22N2O2/c16-13-12(14-11-3-4-11)5-6-15(13)7-8-17-9-10-1-2-10/h10-12,14H,1-9H2. The molecule has 3 fully saturated rings. The van der Waals surface area contributed by atoms with E-state index in [-0.39, 0.29) is 11.9 Å². The van der Waals surface area contributed by atoms with E-state index in [1.165, 1.54) is 25.7 Å². The molecular formula is C13H22N2O2. The third-order valence-electron chi connectivity index (χ3n) is 3.87. The first-order valence-electron chi connectivity index (χ1n) is 6.95. The van der Waals surface area contributed by atoms with Crippen molar-refractivity contribution >= 4 is 5.91 Å². The van der Waals surface area contributed by atoms with Crippen molar-refractivity contribution in [1.29, 1.82) is 0 Å². The molecule has 17 heavy (non-hydrogen) atoms. The van der Waals surface area contributed by atoms with Gasteiger partial charge >= 0.3 is 0 Å². The van der Waals surface area contributed by atoms with Crippen LogP contribution in [0.1, 0.15) is 32.1 Å². The van der Waals surface area contributed by atoms with Crippen molar-refractivity contribution in [2.75, 3.05) is 26.3 Å². The summed E-state index contributed by atoms with van der Waals surface area (Å²) in [6.07, 6.45) is 6.12. The summed E-state index contributed by atoms with van der Waals surface area (Å²) in [6.45, 7) is 3.27. The van der Waals surface area contributed by atoms with Crippen LogP contribution in [0.3, 0.4) is 0 Å². The van der Waals surface area contributed by atoms with Gasteiger partial charge in [-0.05, 0) is 38.0 Å². The molecular weight excluding hydrogens is 216 g/mol. The zero-order valence-electron chi connectivity index (χ0n) is 10.4. The van der Waals surface area contributed by atoms with E-state index in [9.17, 15) is 4.79 Å². The van der Waals surface area contributed by atoms with Crippen LogP contribution in [0, 0.1) is 5.92 Å². The normalized spacial score (nSPS) is 29.1.